The molecule has 0 aliphatic carbocycles. The highest BCUT2D eigenvalue weighted by molar-refractivity contribution is 7.47. The van der Waals surface area contributed by atoms with Gasteiger partial charge in [0.05, 0.1) is 13.2 Å². The summed E-state index contributed by atoms with van der Waals surface area (Å²) in [6, 6.07) is 0. The number of nitrogens with two attached hydrogens (primary N) is 1. The highest BCUT2D eigenvalue weighted by Crippen LogP contribution is 2.43. The lowest BCUT2D eigenvalue weighted by Crippen LogP contribution is -2.29. The average Bonchev–Trinajstić information content (AvgIpc) is 3.39. The molecule has 2 unspecified atom stereocenters. The van der Waals surface area contributed by atoms with Crippen molar-refractivity contribution in [1.29, 1.82) is 0 Å². The molecular formula is C64H110NO8P. The maximum absolute atomic E-state index is 12.7. The minimum atomic E-state index is -4.39. The SMILES string of the molecule is CC/C=C\C/C=C\C/C=C\C/C=C\C/C=C\C/C=C\C/C=C\C/C=C\C/C=C\CCCCCCCCCCCCCC(=O)OC(COC(=O)CCCCCCCCCCCCCCCC)COP(=O)(O)OCCN. The zero-order valence-electron chi connectivity index (χ0n) is 47.3. The largest absolute Gasteiger partial charge is 0.472 e. The van der Waals surface area contributed by atoms with Gasteiger partial charge in [-0.3, -0.25) is 18.6 Å². The van der Waals surface area contributed by atoms with E-state index in [0.29, 0.717) is 6.42 Å². The Bertz CT molecular complexity index is 1580. The quantitative estimate of drug-likeness (QED) is 0.0264. The van der Waals surface area contributed by atoms with Gasteiger partial charge in [0.25, 0.3) is 0 Å². The molecule has 9 nitrogen and oxygen atoms in total. The molecule has 0 aliphatic rings. The first kappa shape index (κ1) is 70.7. The summed E-state index contributed by atoms with van der Waals surface area (Å²) < 4.78 is 33.0. The molecular weight excluding hydrogens is 942 g/mol. The van der Waals surface area contributed by atoms with Gasteiger partial charge in [-0.25, -0.2) is 4.57 Å². The summed E-state index contributed by atoms with van der Waals surface area (Å²) in [5.74, 6) is -0.829. The minimum Gasteiger partial charge on any atom is -0.462 e. The number of rotatable bonds is 55. The van der Waals surface area contributed by atoms with Crippen molar-refractivity contribution in [2.24, 2.45) is 5.73 Å². The van der Waals surface area contributed by atoms with Crippen molar-refractivity contribution in [3.63, 3.8) is 0 Å². The molecule has 0 heterocycles. The molecule has 0 bridgehead atoms. The number of hydrogen-bond acceptors (Lipinski definition) is 8. The van der Waals surface area contributed by atoms with Crippen molar-refractivity contribution >= 4 is 19.8 Å². The van der Waals surface area contributed by atoms with Crippen molar-refractivity contribution in [2.45, 2.75) is 258 Å². The zero-order chi connectivity index (χ0) is 53.8. The van der Waals surface area contributed by atoms with Crippen LogP contribution < -0.4 is 5.73 Å². The van der Waals surface area contributed by atoms with Crippen LogP contribution in [0.25, 0.3) is 0 Å². The number of unbranched alkanes of at least 4 members (excludes halogenated alkanes) is 24. The minimum absolute atomic E-state index is 0.0502. The maximum atomic E-state index is 12.7. The molecule has 10 heteroatoms. The standard InChI is InChI=1S/C64H110NO8P/c1-3-5-7-9-11-13-15-17-19-20-21-22-23-24-25-26-27-28-29-30-31-32-33-34-35-36-37-38-39-40-41-42-43-45-47-49-51-53-55-57-64(67)73-62(61-72-74(68,69)71-59-58-65)60-70-63(66)56-54-52-50-48-46-44-18-16-14-12-10-8-6-4-2/h5,7,11,13,17,19,21-22,24-25,27-28,30-31,33-34,36-37,62H,3-4,6,8-10,12,14-16,18,20,23,26,29,32,35,38-61,65H2,1-2H3,(H,68,69)/b7-5-,13-11-,19-17-,22-21-,25-24-,28-27-,31-30-,34-33-,37-36-. The third kappa shape index (κ3) is 57.9. The summed E-state index contributed by atoms with van der Waals surface area (Å²) in [7, 11) is -4.39. The molecule has 74 heavy (non-hydrogen) atoms. The number of carbonyl (C=O) groups excluding carboxylic acids is 2. The van der Waals surface area contributed by atoms with E-state index in [9.17, 15) is 19.0 Å². The van der Waals surface area contributed by atoms with Gasteiger partial charge in [0, 0.05) is 19.4 Å². The lowest BCUT2D eigenvalue weighted by molar-refractivity contribution is -0.161. The summed E-state index contributed by atoms with van der Waals surface area (Å²) in [5, 5.41) is 0. The predicted molar refractivity (Wildman–Crippen MR) is 316 cm³/mol. The summed E-state index contributed by atoms with van der Waals surface area (Å²) in [6.45, 7) is 3.63. The van der Waals surface area contributed by atoms with Gasteiger partial charge in [0.15, 0.2) is 6.10 Å². The fourth-order valence-corrected chi connectivity index (χ4v) is 8.81. The van der Waals surface area contributed by atoms with Gasteiger partial charge in [-0.1, -0.05) is 264 Å². The molecule has 0 radical (unpaired) electrons. The lowest BCUT2D eigenvalue weighted by Gasteiger charge is -2.19. The number of phosphoric acid groups is 1. The number of esters is 2. The van der Waals surface area contributed by atoms with Crippen molar-refractivity contribution in [3.8, 4) is 0 Å². The number of hydrogen-bond donors (Lipinski definition) is 2. The van der Waals surface area contributed by atoms with Crippen molar-refractivity contribution in [3.05, 3.63) is 109 Å². The Morgan fingerprint density at radius 1 is 0.419 bits per heavy atom. The van der Waals surface area contributed by atoms with Gasteiger partial charge >= 0.3 is 19.8 Å². The van der Waals surface area contributed by atoms with Crippen molar-refractivity contribution in [2.75, 3.05) is 26.4 Å². The fraction of sp³-hybridized carbons (Fsp3) is 0.688. The number of allylic oxidation sites excluding steroid dienone is 18. The van der Waals surface area contributed by atoms with Gasteiger partial charge in [-0.05, 0) is 83.5 Å². The molecule has 424 valence electrons. The molecule has 0 fully saturated rings. The Morgan fingerprint density at radius 3 is 1.11 bits per heavy atom. The van der Waals surface area contributed by atoms with Crippen LogP contribution in [-0.4, -0.2) is 49.3 Å². The Hall–Kier alpha value is -3.33. The van der Waals surface area contributed by atoms with Crippen LogP contribution in [0.2, 0.25) is 0 Å². The second kappa shape index (κ2) is 58.9. The molecule has 0 saturated heterocycles. The number of ether oxygens (including phenoxy) is 2. The Labute approximate surface area is 454 Å². The van der Waals surface area contributed by atoms with Gasteiger partial charge in [0.1, 0.15) is 6.61 Å². The Kier molecular flexibility index (Phi) is 56.3. The molecule has 0 amide bonds. The van der Waals surface area contributed by atoms with Crippen molar-refractivity contribution < 1.29 is 37.6 Å². The molecule has 3 N–H and O–H groups in total. The molecule has 0 rings (SSSR count). The molecule has 0 aromatic heterocycles. The van der Waals surface area contributed by atoms with Crippen LogP contribution >= 0.6 is 7.82 Å². The first-order valence-electron chi connectivity index (χ1n) is 29.9. The normalized spacial score (nSPS) is 13.8. The van der Waals surface area contributed by atoms with E-state index in [2.05, 4.69) is 123 Å². The maximum Gasteiger partial charge on any atom is 0.472 e. The summed E-state index contributed by atoms with van der Waals surface area (Å²) in [6.07, 6.45) is 80.1. The first-order valence-corrected chi connectivity index (χ1v) is 31.4. The van der Waals surface area contributed by atoms with Crippen LogP contribution in [0.4, 0.5) is 0 Å². The van der Waals surface area contributed by atoms with E-state index in [1.54, 1.807) is 0 Å². The van der Waals surface area contributed by atoms with E-state index in [1.807, 2.05) is 0 Å². The highest BCUT2D eigenvalue weighted by Gasteiger charge is 2.26. The first-order chi connectivity index (χ1) is 36.3. The smallest absolute Gasteiger partial charge is 0.462 e. The number of phosphoric ester groups is 1. The third-order valence-electron chi connectivity index (χ3n) is 12.4. The fourth-order valence-electron chi connectivity index (χ4n) is 8.04. The van der Waals surface area contributed by atoms with Crippen LogP contribution in [0.15, 0.2) is 109 Å². The highest BCUT2D eigenvalue weighted by atomic mass is 31.2. The van der Waals surface area contributed by atoms with Crippen molar-refractivity contribution in [1.82, 2.24) is 0 Å². The lowest BCUT2D eigenvalue weighted by atomic mass is 10.0. The van der Waals surface area contributed by atoms with E-state index in [0.717, 1.165) is 103 Å². The van der Waals surface area contributed by atoms with Gasteiger partial charge in [0.2, 0.25) is 0 Å². The van der Waals surface area contributed by atoms with Gasteiger partial charge < -0.3 is 20.1 Å². The summed E-state index contributed by atoms with van der Waals surface area (Å²) in [4.78, 5) is 35.1. The van der Waals surface area contributed by atoms with Gasteiger partial charge in [-0.15, -0.1) is 0 Å². The molecule has 2 atom stereocenters. The van der Waals surface area contributed by atoms with Crippen LogP contribution in [0, 0.1) is 0 Å². The average molecular weight is 1050 g/mol. The van der Waals surface area contributed by atoms with Crippen LogP contribution in [0.5, 0.6) is 0 Å². The molecule has 0 aromatic rings. The van der Waals surface area contributed by atoms with E-state index in [4.69, 9.17) is 24.3 Å². The Morgan fingerprint density at radius 2 is 0.743 bits per heavy atom. The monoisotopic (exact) mass is 1050 g/mol. The molecule has 0 saturated carbocycles. The second-order valence-electron chi connectivity index (χ2n) is 19.5. The van der Waals surface area contributed by atoms with E-state index in [-0.39, 0.29) is 38.6 Å². The van der Waals surface area contributed by atoms with Crippen LogP contribution in [0.1, 0.15) is 251 Å². The van der Waals surface area contributed by atoms with E-state index >= 15 is 0 Å². The third-order valence-corrected chi connectivity index (χ3v) is 13.4. The molecule has 0 spiro atoms. The zero-order valence-corrected chi connectivity index (χ0v) is 48.2. The van der Waals surface area contributed by atoms with Crippen LogP contribution in [0.3, 0.4) is 0 Å². The van der Waals surface area contributed by atoms with Gasteiger partial charge in [-0.2, -0.15) is 0 Å². The summed E-state index contributed by atoms with van der Waals surface area (Å²) in [5.41, 5.74) is 5.38. The molecule has 0 aromatic carbocycles. The molecule has 0 aliphatic heterocycles. The van der Waals surface area contributed by atoms with Crippen LogP contribution in [-0.2, 0) is 32.7 Å². The predicted octanol–water partition coefficient (Wildman–Crippen LogP) is 19.0. The van der Waals surface area contributed by atoms with E-state index < -0.39 is 26.5 Å². The summed E-state index contributed by atoms with van der Waals surface area (Å²) >= 11 is 0. The number of carbonyl (C=O) groups is 2. The Balaban J connectivity index is 3.93. The topological polar surface area (TPSA) is 134 Å². The van der Waals surface area contributed by atoms with E-state index in [1.165, 1.54) is 116 Å². The second-order valence-corrected chi connectivity index (χ2v) is 20.9.